The van der Waals surface area contributed by atoms with E-state index in [4.69, 9.17) is 11.6 Å². The first-order valence-electron chi connectivity index (χ1n) is 7.19. The third-order valence-electron chi connectivity index (χ3n) is 3.90. The molecule has 4 nitrogen and oxygen atoms in total. The molecule has 0 spiro atoms. The van der Waals surface area contributed by atoms with E-state index in [2.05, 4.69) is 15.3 Å². The third-order valence-corrected chi connectivity index (χ3v) is 4.22. The third kappa shape index (κ3) is 2.47. The van der Waals surface area contributed by atoms with Gasteiger partial charge in [0.25, 0.3) is 0 Å². The van der Waals surface area contributed by atoms with Gasteiger partial charge in [-0.1, -0.05) is 29.8 Å². The van der Waals surface area contributed by atoms with Crippen molar-refractivity contribution in [2.45, 2.75) is 6.42 Å². The number of anilines is 1. The summed E-state index contributed by atoms with van der Waals surface area (Å²) in [5.74, 6) is 0.0213. The Morgan fingerprint density at radius 1 is 1.04 bits per heavy atom. The number of carbonyl (C=O) groups is 1. The van der Waals surface area contributed by atoms with Gasteiger partial charge in [-0.3, -0.25) is 4.79 Å². The van der Waals surface area contributed by atoms with Gasteiger partial charge in [0.1, 0.15) is 6.33 Å². The van der Waals surface area contributed by atoms with Crippen molar-refractivity contribution in [1.82, 2.24) is 9.97 Å². The van der Waals surface area contributed by atoms with Crippen LogP contribution in [0.1, 0.15) is 5.56 Å². The summed E-state index contributed by atoms with van der Waals surface area (Å²) in [5.41, 5.74) is 5.63. The first-order valence-corrected chi connectivity index (χ1v) is 7.57. The summed E-state index contributed by atoms with van der Waals surface area (Å²) in [6, 6.07) is 11.7. The molecular formula is C18H12ClN3O. The maximum atomic E-state index is 11.5. The number of amides is 1. The molecule has 5 heteroatoms. The number of hydrogen-bond acceptors (Lipinski definition) is 3. The molecule has 1 aliphatic rings. The zero-order valence-corrected chi connectivity index (χ0v) is 12.8. The Bertz CT molecular complexity index is 909. The highest BCUT2D eigenvalue weighted by atomic mass is 35.5. The van der Waals surface area contributed by atoms with Crippen molar-refractivity contribution in [2.75, 3.05) is 5.32 Å². The van der Waals surface area contributed by atoms with Gasteiger partial charge in [-0.05, 0) is 34.9 Å². The summed E-state index contributed by atoms with van der Waals surface area (Å²) in [5, 5.41) is 3.50. The minimum absolute atomic E-state index is 0.0213. The summed E-state index contributed by atoms with van der Waals surface area (Å²) in [6.07, 6.45) is 5.43. The molecule has 3 aromatic rings. The number of aromatic nitrogens is 2. The highest BCUT2D eigenvalue weighted by Gasteiger charge is 2.19. The van der Waals surface area contributed by atoms with Gasteiger partial charge >= 0.3 is 0 Å². The van der Waals surface area contributed by atoms with Crippen LogP contribution in [-0.2, 0) is 11.2 Å². The van der Waals surface area contributed by atoms with Gasteiger partial charge in [-0.15, -0.1) is 0 Å². The monoisotopic (exact) mass is 321 g/mol. The molecule has 0 radical (unpaired) electrons. The number of rotatable bonds is 2. The van der Waals surface area contributed by atoms with Crippen LogP contribution in [0, 0.1) is 0 Å². The van der Waals surface area contributed by atoms with Crippen LogP contribution >= 0.6 is 11.6 Å². The molecule has 0 aliphatic carbocycles. The van der Waals surface area contributed by atoms with Crippen LogP contribution in [-0.4, -0.2) is 15.9 Å². The Balaban J connectivity index is 1.90. The topological polar surface area (TPSA) is 54.9 Å². The zero-order valence-electron chi connectivity index (χ0n) is 12.1. The van der Waals surface area contributed by atoms with Crippen molar-refractivity contribution in [3.63, 3.8) is 0 Å². The van der Waals surface area contributed by atoms with Crippen LogP contribution in [0.15, 0.2) is 55.1 Å². The SMILES string of the molecule is O=C1Cc2cc(-c3c(Cl)cccc3-c3cncnc3)ccc2N1. The van der Waals surface area contributed by atoms with Crippen LogP contribution in [0.5, 0.6) is 0 Å². The average molecular weight is 322 g/mol. The lowest BCUT2D eigenvalue weighted by atomic mass is 9.94. The summed E-state index contributed by atoms with van der Waals surface area (Å²) in [6.45, 7) is 0. The van der Waals surface area contributed by atoms with E-state index in [-0.39, 0.29) is 5.91 Å². The zero-order chi connectivity index (χ0) is 15.8. The van der Waals surface area contributed by atoms with Gasteiger partial charge in [0.05, 0.1) is 6.42 Å². The second-order valence-electron chi connectivity index (χ2n) is 5.39. The van der Waals surface area contributed by atoms with Crippen molar-refractivity contribution < 1.29 is 4.79 Å². The smallest absolute Gasteiger partial charge is 0.228 e. The number of halogens is 1. The van der Waals surface area contributed by atoms with Crippen LogP contribution in [0.3, 0.4) is 0 Å². The molecule has 0 unspecified atom stereocenters. The summed E-state index contributed by atoms with van der Waals surface area (Å²) >= 11 is 6.47. The minimum atomic E-state index is 0.0213. The molecule has 1 aliphatic heterocycles. The molecule has 2 heterocycles. The Morgan fingerprint density at radius 2 is 1.87 bits per heavy atom. The van der Waals surface area contributed by atoms with E-state index >= 15 is 0 Å². The maximum absolute atomic E-state index is 11.5. The maximum Gasteiger partial charge on any atom is 0.228 e. The molecule has 112 valence electrons. The lowest BCUT2D eigenvalue weighted by Crippen LogP contribution is -2.03. The number of fused-ring (bicyclic) bond motifs is 1. The van der Waals surface area contributed by atoms with Gasteiger partial charge < -0.3 is 5.32 Å². The number of nitrogens with zero attached hydrogens (tertiary/aromatic N) is 2. The second kappa shape index (κ2) is 5.48. The van der Waals surface area contributed by atoms with E-state index in [0.717, 1.165) is 33.5 Å². The van der Waals surface area contributed by atoms with Gasteiger partial charge in [0, 0.05) is 34.2 Å². The molecule has 0 bridgehead atoms. The predicted octanol–water partition coefficient (Wildman–Crippen LogP) is 3.96. The molecular weight excluding hydrogens is 310 g/mol. The Labute approximate surface area is 138 Å². The predicted molar refractivity (Wildman–Crippen MR) is 90.2 cm³/mol. The van der Waals surface area contributed by atoms with Gasteiger partial charge in [-0.25, -0.2) is 9.97 Å². The fraction of sp³-hybridized carbons (Fsp3) is 0.0556. The molecule has 1 amide bonds. The van der Waals surface area contributed by atoms with Crippen molar-refractivity contribution in [1.29, 1.82) is 0 Å². The molecule has 23 heavy (non-hydrogen) atoms. The standard InChI is InChI=1S/C18H12ClN3O/c19-15-3-1-2-14(13-8-20-10-21-9-13)18(15)11-4-5-16-12(6-11)7-17(23)22-16/h1-6,8-10H,7H2,(H,22,23). The van der Waals surface area contributed by atoms with E-state index in [1.807, 2.05) is 36.4 Å². The number of hydrogen-bond donors (Lipinski definition) is 1. The quantitative estimate of drug-likeness (QED) is 0.777. The van der Waals surface area contributed by atoms with Crippen molar-refractivity contribution in [3.8, 4) is 22.3 Å². The first kappa shape index (κ1) is 13.9. The fourth-order valence-electron chi connectivity index (χ4n) is 2.88. The summed E-state index contributed by atoms with van der Waals surface area (Å²) < 4.78 is 0. The molecule has 0 saturated heterocycles. The molecule has 0 atom stereocenters. The lowest BCUT2D eigenvalue weighted by Gasteiger charge is -2.12. The van der Waals surface area contributed by atoms with Crippen molar-refractivity contribution >= 4 is 23.2 Å². The number of benzene rings is 2. The second-order valence-corrected chi connectivity index (χ2v) is 5.79. The number of carbonyl (C=O) groups excluding carboxylic acids is 1. The molecule has 0 fully saturated rings. The Hall–Kier alpha value is -2.72. The van der Waals surface area contributed by atoms with Crippen molar-refractivity contribution in [3.05, 3.63) is 65.7 Å². The highest BCUT2D eigenvalue weighted by molar-refractivity contribution is 6.34. The number of nitrogens with one attached hydrogen (secondary N) is 1. The largest absolute Gasteiger partial charge is 0.326 e. The highest BCUT2D eigenvalue weighted by Crippen LogP contribution is 2.39. The summed E-state index contributed by atoms with van der Waals surface area (Å²) in [7, 11) is 0. The molecule has 0 saturated carbocycles. The average Bonchev–Trinajstić information content (AvgIpc) is 2.94. The van der Waals surface area contributed by atoms with Gasteiger partial charge in [0.2, 0.25) is 5.91 Å². The van der Waals surface area contributed by atoms with Gasteiger partial charge in [0.15, 0.2) is 0 Å². The normalized spacial score (nSPS) is 12.8. The Morgan fingerprint density at radius 3 is 2.70 bits per heavy atom. The molecule has 1 aromatic heterocycles. The van der Waals surface area contributed by atoms with Gasteiger partial charge in [-0.2, -0.15) is 0 Å². The first-order chi connectivity index (χ1) is 11.2. The van der Waals surface area contributed by atoms with Crippen molar-refractivity contribution in [2.24, 2.45) is 0 Å². The Kier molecular flexibility index (Phi) is 3.32. The van der Waals surface area contributed by atoms with Crippen LogP contribution in [0.2, 0.25) is 5.02 Å². The fourth-order valence-corrected chi connectivity index (χ4v) is 3.16. The molecule has 4 rings (SSSR count). The van der Waals surface area contributed by atoms with E-state index in [1.165, 1.54) is 6.33 Å². The van der Waals surface area contributed by atoms with E-state index in [9.17, 15) is 4.79 Å². The molecule has 1 N–H and O–H groups in total. The van der Waals surface area contributed by atoms with Crippen LogP contribution in [0.25, 0.3) is 22.3 Å². The van der Waals surface area contributed by atoms with E-state index in [1.54, 1.807) is 12.4 Å². The van der Waals surface area contributed by atoms with E-state index in [0.29, 0.717) is 11.4 Å². The van der Waals surface area contributed by atoms with Crippen LogP contribution in [0.4, 0.5) is 5.69 Å². The van der Waals surface area contributed by atoms with Crippen LogP contribution < -0.4 is 5.32 Å². The van der Waals surface area contributed by atoms with E-state index < -0.39 is 0 Å². The molecule has 2 aromatic carbocycles. The summed E-state index contributed by atoms with van der Waals surface area (Å²) in [4.78, 5) is 19.7. The minimum Gasteiger partial charge on any atom is -0.326 e. The lowest BCUT2D eigenvalue weighted by molar-refractivity contribution is -0.115.